The highest BCUT2D eigenvalue weighted by Gasteiger charge is 2.36. The summed E-state index contributed by atoms with van der Waals surface area (Å²) in [5.41, 5.74) is 10.1. The van der Waals surface area contributed by atoms with E-state index in [1.165, 1.54) is 23.3 Å². The quantitative estimate of drug-likeness (QED) is 0.289. The number of esters is 1. The Morgan fingerprint density at radius 2 is 1.89 bits per heavy atom. The van der Waals surface area contributed by atoms with Crippen LogP contribution >= 0.6 is 0 Å². The maximum Gasteiger partial charge on any atom is 0.306 e. The van der Waals surface area contributed by atoms with Crippen LogP contribution in [0.1, 0.15) is 67.9 Å². The summed E-state index contributed by atoms with van der Waals surface area (Å²) in [5, 5.41) is 1.09. The third kappa shape index (κ3) is 5.96. The van der Waals surface area contributed by atoms with Gasteiger partial charge in [-0.1, -0.05) is 6.07 Å². The second-order valence-electron chi connectivity index (χ2n) is 12.8. The fourth-order valence-corrected chi connectivity index (χ4v) is 6.20. The van der Waals surface area contributed by atoms with Crippen molar-refractivity contribution in [3.8, 4) is 17.1 Å². The molecule has 0 unspecified atom stereocenters. The second kappa shape index (κ2) is 11.5. The Morgan fingerprint density at radius 3 is 2.57 bits per heavy atom. The Hall–Kier alpha value is -4.51. The second-order valence-corrected chi connectivity index (χ2v) is 12.8. The molecule has 2 aliphatic heterocycles. The van der Waals surface area contributed by atoms with E-state index in [2.05, 4.69) is 22.0 Å². The van der Waals surface area contributed by atoms with Crippen LogP contribution in [-0.2, 0) is 34.5 Å². The minimum atomic E-state index is -0.922. The minimum absolute atomic E-state index is 0.0180. The molecule has 3 aromatic heterocycles. The van der Waals surface area contributed by atoms with Crippen molar-refractivity contribution in [2.45, 2.75) is 71.2 Å². The molecule has 2 aliphatic rings. The highest BCUT2D eigenvalue weighted by Crippen LogP contribution is 2.33. The SMILES string of the molecule is Cn1cnc(-n2ccc3c(CN4CCCC4)cc(-c4ccc5c(c4)CN([C@@H](CCC(=O)OC(C)(C)C)C(N)=O)C5=O)nc32)c1. The van der Waals surface area contributed by atoms with E-state index in [1.54, 1.807) is 33.2 Å². The van der Waals surface area contributed by atoms with Gasteiger partial charge in [0.25, 0.3) is 5.91 Å². The average Bonchev–Trinajstić information content (AvgIpc) is 3.75. The highest BCUT2D eigenvalue weighted by molar-refractivity contribution is 6.01. The molecule has 0 bridgehead atoms. The van der Waals surface area contributed by atoms with Gasteiger partial charge in [0.15, 0.2) is 5.82 Å². The molecule has 0 saturated carbocycles. The van der Waals surface area contributed by atoms with Crippen LogP contribution in [0.3, 0.4) is 0 Å². The molecule has 11 nitrogen and oxygen atoms in total. The molecule has 5 heterocycles. The molecule has 4 aromatic rings. The Labute approximate surface area is 256 Å². The van der Waals surface area contributed by atoms with Gasteiger partial charge in [0.1, 0.15) is 17.3 Å². The largest absolute Gasteiger partial charge is 0.460 e. The summed E-state index contributed by atoms with van der Waals surface area (Å²) in [6.07, 6.45) is 8.23. The van der Waals surface area contributed by atoms with Crippen molar-refractivity contribution in [1.82, 2.24) is 28.9 Å². The lowest BCUT2D eigenvalue weighted by molar-refractivity contribution is -0.155. The topological polar surface area (TPSA) is 129 Å². The smallest absolute Gasteiger partial charge is 0.306 e. The highest BCUT2D eigenvalue weighted by atomic mass is 16.6. The predicted octanol–water partition coefficient (Wildman–Crippen LogP) is 3.95. The number of primary amides is 1. The fraction of sp³-hybridized carbons (Fsp3) is 0.424. The number of pyridine rings is 1. The van der Waals surface area contributed by atoms with Crippen LogP contribution in [0.2, 0.25) is 0 Å². The first kappa shape index (κ1) is 29.6. The summed E-state index contributed by atoms with van der Waals surface area (Å²) in [4.78, 5) is 51.8. The Bertz CT molecular complexity index is 1740. The summed E-state index contributed by atoms with van der Waals surface area (Å²) < 4.78 is 9.30. The van der Waals surface area contributed by atoms with Crippen LogP contribution in [-0.4, -0.2) is 71.4 Å². The van der Waals surface area contributed by atoms with Crippen LogP contribution in [0.25, 0.3) is 28.1 Å². The first-order valence-electron chi connectivity index (χ1n) is 15.1. The van der Waals surface area contributed by atoms with Gasteiger partial charge in [-0.3, -0.25) is 23.9 Å². The van der Waals surface area contributed by atoms with Crippen LogP contribution in [0, 0.1) is 0 Å². The molecule has 2 amide bonds. The van der Waals surface area contributed by atoms with E-state index < -0.39 is 23.5 Å². The molecule has 0 aliphatic carbocycles. The van der Waals surface area contributed by atoms with Crippen LogP contribution in [0.5, 0.6) is 0 Å². The van der Waals surface area contributed by atoms with Crippen LogP contribution < -0.4 is 5.73 Å². The number of rotatable bonds is 9. The van der Waals surface area contributed by atoms with Gasteiger partial charge in [0.2, 0.25) is 5.91 Å². The Morgan fingerprint density at radius 1 is 1.11 bits per heavy atom. The standard InChI is InChI=1S/C33H39N7O4/c1-33(2,3)44-29(41)10-9-27(30(34)42)40-18-22-15-21(7-8-25(22)32(40)43)26-16-23(17-38-12-5-6-13-38)24-11-14-39(31(24)36-26)28-19-37(4)20-35-28/h7-8,11,14-16,19-20,27H,5-6,9-10,12-13,17-18H2,1-4H3,(H2,34,42)/t27-/m0/s1. The van der Waals surface area contributed by atoms with Gasteiger partial charge in [0, 0.05) is 55.5 Å². The zero-order valence-electron chi connectivity index (χ0n) is 25.7. The first-order valence-corrected chi connectivity index (χ1v) is 15.1. The number of hydrogen-bond donors (Lipinski definition) is 1. The van der Waals surface area contributed by atoms with Crippen molar-refractivity contribution >= 4 is 28.8 Å². The van der Waals surface area contributed by atoms with Crippen molar-refractivity contribution in [3.05, 3.63) is 65.7 Å². The number of carbonyl (C=O) groups excluding carboxylic acids is 3. The van der Waals surface area contributed by atoms with Gasteiger partial charge in [-0.05, 0) is 88.5 Å². The molecule has 1 saturated heterocycles. The van der Waals surface area contributed by atoms with E-state index in [-0.39, 0.29) is 25.3 Å². The molecule has 0 spiro atoms. The van der Waals surface area contributed by atoms with E-state index >= 15 is 0 Å². The fourth-order valence-electron chi connectivity index (χ4n) is 6.20. The Kier molecular flexibility index (Phi) is 7.75. The molecular weight excluding hydrogens is 558 g/mol. The number of imidazole rings is 1. The van der Waals surface area contributed by atoms with E-state index in [1.807, 2.05) is 40.7 Å². The van der Waals surface area contributed by atoms with Crippen molar-refractivity contribution < 1.29 is 19.1 Å². The van der Waals surface area contributed by atoms with Crippen molar-refractivity contribution in [3.63, 3.8) is 0 Å². The van der Waals surface area contributed by atoms with Gasteiger partial charge < -0.3 is 19.9 Å². The van der Waals surface area contributed by atoms with Gasteiger partial charge in [-0.25, -0.2) is 9.97 Å². The zero-order chi connectivity index (χ0) is 31.2. The maximum atomic E-state index is 13.4. The van der Waals surface area contributed by atoms with Gasteiger partial charge in [-0.2, -0.15) is 0 Å². The third-order valence-corrected chi connectivity index (χ3v) is 8.25. The molecule has 1 aromatic carbocycles. The molecule has 11 heteroatoms. The van der Waals surface area contributed by atoms with E-state index in [0.717, 1.165) is 53.3 Å². The first-order chi connectivity index (χ1) is 21.0. The van der Waals surface area contributed by atoms with E-state index in [9.17, 15) is 14.4 Å². The lowest BCUT2D eigenvalue weighted by Crippen LogP contribution is -2.45. The Balaban J connectivity index is 1.31. The molecule has 1 atom stereocenters. The van der Waals surface area contributed by atoms with Gasteiger partial charge >= 0.3 is 5.97 Å². The summed E-state index contributed by atoms with van der Waals surface area (Å²) in [7, 11) is 1.94. The molecule has 0 radical (unpaired) electrons. The maximum absolute atomic E-state index is 13.4. The number of aryl methyl sites for hydroxylation is 1. The lowest BCUT2D eigenvalue weighted by Gasteiger charge is -2.25. The predicted molar refractivity (Wildman–Crippen MR) is 166 cm³/mol. The summed E-state index contributed by atoms with van der Waals surface area (Å²) in [5.74, 6) is -0.569. The van der Waals surface area contributed by atoms with E-state index in [4.69, 9.17) is 15.5 Å². The number of benzene rings is 1. The number of carbonyl (C=O) groups is 3. The number of amides is 2. The zero-order valence-corrected chi connectivity index (χ0v) is 25.7. The van der Waals surface area contributed by atoms with Crippen molar-refractivity contribution in [2.24, 2.45) is 12.8 Å². The van der Waals surface area contributed by atoms with Crippen molar-refractivity contribution in [2.75, 3.05) is 13.1 Å². The van der Waals surface area contributed by atoms with Gasteiger partial charge in [-0.15, -0.1) is 0 Å². The molecular formula is C33H39N7O4. The monoisotopic (exact) mass is 597 g/mol. The van der Waals surface area contributed by atoms with Crippen LogP contribution in [0.15, 0.2) is 49.1 Å². The van der Waals surface area contributed by atoms with Gasteiger partial charge in [0.05, 0.1) is 12.0 Å². The minimum Gasteiger partial charge on any atom is -0.460 e. The number of hydrogen-bond acceptors (Lipinski definition) is 7. The number of likely N-dealkylation sites (tertiary alicyclic amines) is 1. The summed E-state index contributed by atoms with van der Waals surface area (Å²) in [6.45, 7) is 8.55. The molecule has 44 heavy (non-hydrogen) atoms. The summed E-state index contributed by atoms with van der Waals surface area (Å²) in [6, 6.07) is 9.00. The normalized spacial score (nSPS) is 16.1. The van der Waals surface area contributed by atoms with Crippen molar-refractivity contribution in [1.29, 1.82) is 0 Å². The molecule has 1 fully saturated rings. The molecule has 230 valence electrons. The lowest BCUT2D eigenvalue weighted by atomic mass is 10.0. The number of fused-ring (bicyclic) bond motifs is 2. The molecule has 6 rings (SSSR count). The average molecular weight is 598 g/mol. The number of nitrogens with two attached hydrogens (primary N) is 1. The molecule has 2 N–H and O–H groups in total. The number of ether oxygens (including phenoxy) is 1. The number of aromatic nitrogens is 4. The van der Waals surface area contributed by atoms with E-state index in [0.29, 0.717) is 5.56 Å². The third-order valence-electron chi connectivity index (χ3n) is 8.25. The van der Waals surface area contributed by atoms with Crippen LogP contribution in [0.4, 0.5) is 0 Å². The number of nitrogens with zero attached hydrogens (tertiary/aromatic N) is 6. The summed E-state index contributed by atoms with van der Waals surface area (Å²) >= 11 is 0.